The molecule has 0 aromatic carbocycles. The van der Waals surface area contributed by atoms with E-state index < -0.39 is 0 Å². The zero-order valence-electron chi connectivity index (χ0n) is 7.89. The number of aliphatic hydroxyl groups excluding tert-OH is 1. The van der Waals surface area contributed by atoms with E-state index in [2.05, 4.69) is 0 Å². The Morgan fingerprint density at radius 2 is 2.21 bits per heavy atom. The minimum atomic E-state index is -0.282. The van der Waals surface area contributed by atoms with Gasteiger partial charge in [0.25, 0.3) is 0 Å². The van der Waals surface area contributed by atoms with Crippen LogP contribution in [-0.2, 0) is 5.41 Å². The van der Waals surface area contributed by atoms with Crippen LogP contribution in [-0.4, -0.2) is 18.3 Å². The van der Waals surface area contributed by atoms with E-state index in [-0.39, 0.29) is 12.0 Å². The van der Waals surface area contributed by atoms with Crippen LogP contribution in [0.5, 0.6) is 0 Å². The first kappa shape index (κ1) is 12.3. The fourth-order valence-electron chi connectivity index (χ4n) is 1.35. The van der Waals surface area contributed by atoms with Crippen LogP contribution in [0.1, 0.15) is 18.9 Å². The van der Waals surface area contributed by atoms with Crippen LogP contribution in [0.3, 0.4) is 0 Å². The molecule has 0 aliphatic carbocycles. The second-order valence-electron chi connectivity index (χ2n) is 3.48. The molecule has 2 nitrogen and oxygen atoms in total. The van der Waals surface area contributed by atoms with Gasteiger partial charge in [-0.1, -0.05) is 30.1 Å². The van der Waals surface area contributed by atoms with Crippen LogP contribution in [0.25, 0.3) is 0 Å². The maximum atomic E-state index is 8.96. The van der Waals surface area contributed by atoms with E-state index in [1.54, 1.807) is 0 Å². The Labute approximate surface area is 97.6 Å². The molecule has 5 heteroatoms. The highest BCUT2D eigenvalue weighted by atomic mass is 35.5. The third kappa shape index (κ3) is 2.41. The van der Waals surface area contributed by atoms with Crippen LogP contribution in [0.4, 0.5) is 0 Å². The van der Waals surface area contributed by atoms with Crippen molar-refractivity contribution in [2.75, 3.05) is 13.2 Å². The smallest absolute Gasteiger partial charge is 0.0982 e. The summed E-state index contributed by atoms with van der Waals surface area (Å²) >= 11 is 13.2. The highest BCUT2D eigenvalue weighted by Gasteiger charge is 2.28. The highest BCUT2D eigenvalue weighted by molar-refractivity contribution is 7.20. The van der Waals surface area contributed by atoms with Crippen molar-refractivity contribution in [2.24, 2.45) is 5.73 Å². The predicted molar refractivity (Wildman–Crippen MR) is 62.4 cm³/mol. The molecule has 3 N–H and O–H groups in total. The Hall–Kier alpha value is 0.200. The Kier molecular flexibility index (Phi) is 4.22. The van der Waals surface area contributed by atoms with Crippen molar-refractivity contribution < 1.29 is 5.11 Å². The Bertz CT molecular complexity index is 316. The number of thiophene rings is 1. The lowest BCUT2D eigenvalue weighted by Gasteiger charge is -2.26. The first-order chi connectivity index (χ1) is 6.53. The van der Waals surface area contributed by atoms with Gasteiger partial charge < -0.3 is 10.8 Å². The number of hydrogen-bond donors (Lipinski definition) is 2. The van der Waals surface area contributed by atoms with Gasteiger partial charge in [0.1, 0.15) is 0 Å². The minimum absolute atomic E-state index is 0.0947. The third-order valence-electron chi connectivity index (χ3n) is 2.42. The lowest BCUT2D eigenvalue weighted by molar-refractivity contribution is 0.247. The molecule has 14 heavy (non-hydrogen) atoms. The van der Waals surface area contributed by atoms with Gasteiger partial charge >= 0.3 is 0 Å². The van der Waals surface area contributed by atoms with Crippen molar-refractivity contribution in [3.63, 3.8) is 0 Å². The maximum absolute atomic E-state index is 8.96. The molecule has 0 amide bonds. The maximum Gasteiger partial charge on any atom is 0.0982 e. The summed E-state index contributed by atoms with van der Waals surface area (Å²) in [6.07, 6.45) is 0.594. The van der Waals surface area contributed by atoms with E-state index in [0.29, 0.717) is 21.6 Å². The van der Waals surface area contributed by atoms with Crippen molar-refractivity contribution in [1.29, 1.82) is 0 Å². The molecular formula is C9H13Cl2NOS. The molecule has 0 bridgehead atoms. The lowest BCUT2D eigenvalue weighted by Crippen LogP contribution is -2.32. The zero-order chi connectivity index (χ0) is 10.8. The largest absolute Gasteiger partial charge is 0.396 e. The molecule has 80 valence electrons. The first-order valence-electron chi connectivity index (χ1n) is 4.30. The van der Waals surface area contributed by atoms with Crippen molar-refractivity contribution in [3.8, 4) is 0 Å². The topological polar surface area (TPSA) is 46.2 Å². The van der Waals surface area contributed by atoms with Crippen molar-refractivity contribution in [3.05, 3.63) is 20.3 Å². The molecule has 0 aliphatic heterocycles. The molecule has 1 atom stereocenters. The summed E-state index contributed by atoms with van der Waals surface area (Å²) in [6, 6.07) is 1.83. The van der Waals surface area contributed by atoms with Crippen LogP contribution < -0.4 is 5.73 Å². The van der Waals surface area contributed by atoms with Crippen LogP contribution >= 0.6 is 34.5 Å². The van der Waals surface area contributed by atoms with Gasteiger partial charge in [-0.25, -0.2) is 0 Å². The number of halogens is 2. The Morgan fingerprint density at radius 1 is 1.57 bits per heavy atom. The normalized spacial score (nSPS) is 15.5. The number of hydrogen-bond acceptors (Lipinski definition) is 3. The molecule has 1 unspecified atom stereocenters. The van der Waals surface area contributed by atoms with Crippen molar-refractivity contribution in [2.45, 2.75) is 18.8 Å². The predicted octanol–water partition coefficient (Wildman–Crippen LogP) is 2.65. The summed E-state index contributed by atoms with van der Waals surface area (Å²) in [5, 5.41) is 8.96. The summed E-state index contributed by atoms with van der Waals surface area (Å²) in [7, 11) is 0. The summed E-state index contributed by atoms with van der Waals surface area (Å²) in [5.74, 6) is 0. The first-order valence-corrected chi connectivity index (χ1v) is 5.87. The van der Waals surface area contributed by atoms with Gasteiger partial charge in [0.2, 0.25) is 0 Å². The second kappa shape index (κ2) is 4.81. The average Bonchev–Trinajstić information content (AvgIpc) is 2.46. The molecule has 1 aromatic rings. The van der Waals surface area contributed by atoms with Crippen LogP contribution in [0.15, 0.2) is 6.07 Å². The second-order valence-corrected chi connectivity index (χ2v) is 5.76. The van der Waals surface area contributed by atoms with E-state index in [9.17, 15) is 0 Å². The van der Waals surface area contributed by atoms with Crippen LogP contribution in [0, 0.1) is 0 Å². The molecule has 0 radical (unpaired) electrons. The summed E-state index contributed by atoms with van der Waals surface area (Å²) < 4.78 is 1.32. The fourth-order valence-corrected chi connectivity index (χ4v) is 3.10. The quantitative estimate of drug-likeness (QED) is 0.867. The molecule has 1 heterocycles. The van der Waals surface area contributed by atoms with E-state index >= 15 is 0 Å². The standard InChI is InChI=1S/C9H13Cl2NOS/c1-9(5-12,2-3-13)6-4-7(10)14-8(6)11/h4,13H,2-3,5,12H2,1H3. The van der Waals surface area contributed by atoms with Crippen LogP contribution in [0.2, 0.25) is 8.67 Å². The number of rotatable bonds is 4. The molecule has 0 fully saturated rings. The van der Waals surface area contributed by atoms with E-state index in [0.717, 1.165) is 5.56 Å². The molecule has 0 saturated heterocycles. The number of aliphatic hydroxyl groups is 1. The zero-order valence-corrected chi connectivity index (χ0v) is 10.2. The van der Waals surface area contributed by atoms with Gasteiger partial charge in [-0.15, -0.1) is 11.3 Å². The van der Waals surface area contributed by atoms with Gasteiger partial charge in [0.15, 0.2) is 0 Å². The van der Waals surface area contributed by atoms with Gasteiger partial charge in [-0.05, 0) is 18.1 Å². The van der Waals surface area contributed by atoms with Gasteiger partial charge in [0, 0.05) is 18.6 Å². The molecule has 0 aliphatic rings. The summed E-state index contributed by atoms with van der Waals surface area (Å²) in [5.41, 5.74) is 6.35. The van der Waals surface area contributed by atoms with Crippen molar-refractivity contribution in [1.82, 2.24) is 0 Å². The summed E-state index contributed by atoms with van der Waals surface area (Å²) in [4.78, 5) is 0. The Balaban J connectivity index is 3.04. The van der Waals surface area contributed by atoms with Gasteiger partial charge in [-0.2, -0.15) is 0 Å². The van der Waals surface area contributed by atoms with E-state index in [1.165, 1.54) is 11.3 Å². The average molecular weight is 254 g/mol. The Morgan fingerprint density at radius 3 is 2.57 bits per heavy atom. The minimum Gasteiger partial charge on any atom is -0.396 e. The number of nitrogens with two attached hydrogens (primary N) is 1. The molecule has 0 saturated carbocycles. The van der Waals surface area contributed by atoms with Crippen molar-refractivity contribution >= 4 is 34.5 Å². The highest BCUT2D eigenvalue weighted by Crippen LogP contribution is 2.39. The van der Waals surface area contributed by atoms with Gasteiger partial charge in [-0.3, -0.25) is 0 Å². The van der Waals surface area contributed by atoms with Gasteiger partial charge in [0.05, 0.1) is 8.67 Å². The monoisotopic (exact) mass is 253 g/mol. The molecular weight excluding hydrogens is 241 g/mol. The van der Waals surface area contributed by atoms with E-state index in [1.807, 2.05) is 13.0 Å². The summed E-state index contributed by atoms with van der Waals surface area (Å²) in [6.45, 7) is 2.52. The molecule has 1 aromatic heterocycles. The van der Waals surface area contributed by atoms with E-state index in [4.69, 9.17) is 34.0 Å². The fraction of sp³-hybridized carbons (Fsp3) is 0.556. The molecule has 1 rings (SSSR count). The third-order valence-corrected chi connectivity index (χ3v) is 3.91. The lowest BCUT2D eigenvalue weighted by atomic mass is 9.81. The molecule has 0 spiro atoms. The SMILES string of the molecule is CC(CN)(CCO)c1cc(Cl)sc1Cl.